The lowest BCUT2D eigenvalue weighted by Crippen LogP contribution is -2.62. The van der Waals surface area contributed by atoms with Gasteiger partial charge in [-0.15, -0.1) is 0 Å². The van der Waals surface area contributed by atoms with Crippen LogP contribution in [-0.2, 0) is 27.5 Å². The molecule has 2 aromatic rings. The summed E-state index contributed by atoms with van der Waals surface area (Å²) in [5, 5.41) is 37.6. The molecule has 0 aliphatic carbocycles. The lowest BCUT2D eigenvalue weighted by atomic mass is 9.78. The number of hydrogen-bond acceptors (Lipinski definition) is 9. The summed E-state index contributed by atoms with van der Waals surface area (Å²) in [6, 6.07) is 10.7. The minimum atomic E-state index is -2.74. The number of aromatic nitrogens is 1. The molecule has 0 amide bonds. The van der Waals surface area contributed by atoms with Crippen LogP contribution in [0.4, 0.5) is 0 Å². The van der Waals surface area contributed by atoms with Gasteiger partial charge in [0, 0.05) is 54.2 Å². The first-order chi connectivity index (χ1) is 19.5. The van der Waals surface area contributed by atoms with E-state index >= 15 is 0 Å². The molecule has 0 unspecified atom stereocenters. The SMILES string of the molecule is COc1ccc(CN(Cc2cccnc2)C2CC(C)(C)NC(C)(C)C2)c(OC)c1.O=C(O)CC(O)(CC(=O)O)C(=O)O. The van der Waals surface area contributed by atoms with Gasteiger partial charge in [0.1, 0.15) is 11.5 Å². The molecule has 1 aliphatic rings. The number of nitrogens with one attached hydrogen (secondary N) is 1. The highest BCUT2D eigenvalue weighted by Gasteiger charge is 2.41. The molecule has 1 aliphatic heterocycles. The first-order valence-electron chi connectivity index (χ1n) is 13.5. The summed E-state index contributed by atoms with van der Waals surface area (Å²) in [5.74, 6) is -3.34. The van der Waals surface area contributed by atoms with Gasteiger partial charge in [0.05, 0.1) is 27.1 Å². The Morgan fingerprint density at radius 3 is 2.02 bits per heavy atom. The highest BCUT2D eigenvalue weighted by molar-refractivity contribution is 5.88. The van der Waals surface area contributed by atoms with E-state index in [-0.39, 0.29) is 11.1 Å². The van der Waals surface area contributed by atoms with Gasteiger partial charge < -0.3 is 35.2 Å². The van der Waals surface area contributed by atoms with Crippen molar-refractivity contribution < 1.29 is 44.3 Å². The molecule has 2 heterocycles. The molecule has 0 atom stereocenters. The van der Waals surface area contributed by atoms with Gasteiger partial charge in [0.25, 0.3) is 0 Å². The molecular weight excluding hydrogens is 546 g/mol. The van der Waals surface area contributed by atoms with Crippen LogP contribution in [0.5, 0.6) is 11.5 Å². The van der Waals surface area contributed by atoms with E-state index in [2.05, 4.69) is 55.0 Å². The van der Waals surface area contributed by atoms with Gasteiger partial charge in [0.2, 0.25) is 0 Å². The Balaban J connectivity index is 0.000000401. The average Bonchev–Trinajstić information content (AvgIpc) is 2.86. The van der Waals surface area contributed by atoms with E-state index in [1.165, 1.54) is 11.1 Å². The molecule has 232 valence electrons. The number of ether oxygens (including phenoxy) is 2. The highest BCUT2D eigenvalue weighted by atomic mass is 16.5. The van der Waals surface area contributed by atoms with Crippen LogP contribution in [0.15, 0.2) is 42.7 Å². The molecule has 0 saturated carbocycles. The van der Waals surface area contributed by atoms with Crippen molar-refractivity contribution in [2.24, 2.45) is 0 Å². The van der Waals surface area contributed by atoms with Crippen molar-refractivity contribution in [3.63, 3.8) is 0 Å². The third kappa shape index (κ3) is 10.6. The number of carboxylic acid groups (broad SMARTS) is 3. The summed E-state index contributed by atoms with van der Waals surface area (Å²) >= 11 is 0. The third-order valence-electron chi connectivity index (χ3n) is 6.95. The number of hydrogen-bond donors (Lipinski definition) is 5. The maximum atomic E-state index is 10.3. The van der Waals surface area contributed by atoms with Crippen molar-refractivity contribution in [3.8, 4) is 11.5 Å². The zero-order valence-electron chi connectivity index (χ0n) is 25.1. The number of rotatable bonds is 12. The highest BCUT2D eigenvalue weighted by Crippen LogP contribution is 2.34. The summed E-state index contributed by atoms with van der Waals surface area (Å²) < 4.78 is 11.0. The Hall–Kier alpha value is -3.74. The van der Waals surface area contributed by atoms with E-state index in [1.807, 2.05) is 30.6 Å². The summed E-state index contributed by atoms with van der Waals surface area (Å²) in [4.78, 5) is 37.4. The average molecular weight is 590 g/mol. The quantitative estimate of drug-likeness (QED) is 0.245. The van der Waals surface area contributed by atoms with Crippen LogP contribution in [-0.4, -0.2) is 85.2 Å². The van der Waals surface area contributed by atoms with Crippen LogP contribution in [0.1, 0.15) is 64.5 Å². The molecule has 0 radical (unpaired) electrons. The number of carboxylic acids is 3. The summed E-state index contributed by atoms with van der Waals surface area (Å²) in [6.45, 7) is 10.9. The summed E-state index contributed by atoms with van der Waals surface area (Å²) in [6.07, 6.45) is 3.69. The van der Waals surface area contributed by atoms with Crippen molar-refractivity contribution in [3.05, 3.63) is 53.9 Å². The number of methoxy groups -OCH3 is 2. The van der Waals surface area contributed by atoms with Crippen LogP contribution >= 0.6 is 0 Å². The maximum absolute atomic E-state index is 10.3. The zero-order valence-corrected chi connectivity index (χ0v) is 25.1. The fourth-order valence-electron chi connectivity index (χ4n) is 5.48. The van der Waals surface area contributed by atoms with E-state index < -0.39 is 36.4 Å². The van der Waals surface area contributed by atoms with Gasteiger partial charge in [-0.1, -0.05) is 12.1 Å². The van der Waals surface area contributed by atoms with Gasteiger partial charge in [-0.2, -0.15) is 0 Å². The molecule has 12 nitrogen and oxygen atoms in total. The van der Waals surface area contributed by atoms with Gasteiger partial charge in [-0.05, 0) is 58.2 Å². The maximum Gasteiger partial charge on any atom is 0.336 e. The van der Waals surface area contributed by atoms with Crippen molar-refractivity contribution in [2.45, 2.75) is 89.2 Å². The van der Waals surface area contributed by atoms with Crippen molar-refractivity contribution >= 4 is 17.9 Å². The molecule has 1 aromatic heterocycles. The molecule has 0 bridgehead atoms. The number of pyridine rings is 1. The summed E-state index contributed by atoms with van der Waals surface area (Å²) in [5.41, 5.74) is -0.161. The van der Waals surface area contributed by atoms with Crippen LogP contribution < -0.4 is 14.8 Å². The predicted molar refractivity (Wildman–Crippen MR) is 154 cm³/mol. The van der Waals surface area contributed by atoms with E-state index in [0.29, 0.717) is 6.04 Å². The van der Waals surface area contributed by atoms with Crippen LogP contribution in [0, 0.1) is 0 Å². The molecule has 12 heteroatoms. The van der Waals surface area contributed by atoms with E-state index in [1.54, 1.807) is 14.2 Å². The number of piperidine rings is 1. The fraction of sp³-hybridized carbons (Fsp3) is 0.533. The van der Waals surface area contributed by atoms with E-state index in [0.717, 1.165) is 37.4 Å². The lowest BCUT2D eigenvalue weighted by Gasteiger charge is -2.49. The van der Waals surface area contributed by atoms with Gasteiger partial charge in [0.15, 0.2) is 5.60 Å². The molecule has 1 saturated heterocycles. The van der Waals surface area contributed by atoms with Gasteiger partial charge >= 0.3 is 17.9 Å². The van der Waals surface area contributed by atoms with Crippen LogP contribution in [0.25, 0.3) is 0 Å². The first-order valence-corrected chi connectivity index (χ1v) is 13.5. The Bertz CT molecular complexity index is 1190. The predicted octanol–water partition coefficient (Wildman–Crippen LogP) is 3.16. The second kappa shape index (κ2) is 14.4. The zero-order chi connectivity index (χ0) is 31.7. The number of nitrogens with zero attached hydrogens (tertiary/aromatic N) is 2. The molecule has 0 spiro atoms. The van der Waals surface area contributed by atoms with Crippen molar-refractivity contribution in [1.82, 2.24) is 15.2 Å². The molecule has 1 fully saturated rings. The Morgan fingerprint density at radius 2 is 1.57 bits per heavy atom. The Labute approximate surface area is 246 Å². The molecular formula is C30H43N3O9. The standard InChI is InChI=1S/C24H35N3O2.C6H8O7/c1-23(2)13-20(14-24(3,4)26-23)27(16-18-8-7-11-25-15-18)17-19-9-10-21(28-5)12-22(19)29-6;7-3(8)1-6(13,5(11)12)2-4(9)10/h7-12,15,20,26H,13-14,16-17H2,1-6H3;13H,1-2H2,(H,7,8)(H,9,10)(H,11,12). The number of carbonyl (C=O) groups is 3. The largest absolute Gasteiger partial charge is 0.497 e. The van der Waals surface area contributed by atoms with Crippen LogP contribution in [0.3, 0.4) is 0 Å². The molecule has 3 rings (SSSR count). The second-order valence-corrected chi connectivity index (χ2v) is 11.9. The normalized spacial score (nSPS) is 16.2. The molecule has 5 N–H and O–H groups in total. The van der Waals surface area contributed by atoms with Crippen LogP contribution in [0.2, 0.25) is 0 Å². The number of benzene rings is 1. The van der Waals surface area contributed by atoms with E-state index in [9.17, 15) is 14.4 Å². The third-order valence-corrected chi connectivity index (χ3v) is 6.95. The Morgan fingerprint density at radius 1 is 0.976 bits per heavy atom. The van der Waals surface area contributed by atoms with E-state index in [4.69, 9.17) is 29.9 Å². The summed E-state index contributed by atoms with van der Waals surface area (Å²) in [7, 11) is 3.41. The number of aliphatic carboxylic acids is 3. The van der Waals surface area contributed by atoms with Gasteiger partial charge in [-0.3, -0.25) is 19.5 Å². The smallest absolute Gasteiger partial charge is 0.336 e. The topological polar surface area (TPSA) is 179 Å². The minimum absolute atomic E-state index is 0.0869. The van der Waals surface area contributed by atoms with Crippen molar-refractivity contribution in [1.29, 1.82) is 0 Å². The molecule has 42 heavy (non-hydrogen) atoms. The Kier molecular flexibility index (Phi) is 11.8. The molecule has 1 aromatic carbocycles. The minimum Gasteiger partial charge on any atom is -0.497 e. The first kappa shape index (κ1) is 34.5. The van der Waals surface area contributed by atoms with Crippen molar-refractivity contribution in [2.75, 3.05) is 14.2 Å². The van der Waals surface area contributed by atoms with Gasteiger partial charge in [-0.25, -0.2) is 4.79 Å². The monoisotopic (exact) mass is 589 g/mol. The number of aliphatic hydroxyl groups is 1. The second-order valence-electron chi connectivity index (χ2n) is 11.9. The fourth-order valence-corrected chi connectivity index (χ4v) is 5.48. The lowest BCUT2D eigenvalue weighted by molar-refractivity contribution is -0.170.